The number of anilines is 1. The molecule has 0 aliphatic carbocycles. The van der Waals surface area contributed by atoms with E-state index in [4.69, 9.17) is 0 Å². The Balaban J connectivity index is 1.91. The van der Waals surface area contributed by atoms with Gasteiger partial charge in [0.2, 0.25) is 5.91 Å². The summed E-state index contributed by atoms with van der Waals surface area (Å²) < 4.78 is 28.2. The quantitative estimate of drug-likeness (QED) is 0.728. The lowest BCUT2D eigenvalue weighted by molar-refractivity contribution is -0.131. The maximum absolute atomic E-state index is 13.5. The van der Waals surface area contributed by atoms with Crippen LogP contribution in [0, 0.1) is 13.8 Å². The highest BCUT2D eigenvalue weighted by Gasteiger charge is 2.30. The molecular weight excluding hydrogens is 386 g/mol. The average Bonchev–Trinajstić information content (AvgIpc) is 2.73. The minimum atomic E-state index is -3.87. The van der Waals surface area contributed by atoms with Crippen LogP contribution in [0.4, 0.5) is 5.69 Å². The largest absolute Gasteiger partial charge is 0.339 e. The van der Waals surface area contributed by atoms with Gasteiger partial charge in [0.15, 0.2) is 0 Å². The zero-order valence-corrected chi connectivity index (χ0v) is 18.2. The van der Waals surface area contributed by atoms with E-state index >= 15 is 0 Å². The molecule has 0 atom stereocenters. The van der Waals surface area contributed by atoms with E-state index in [1.807, 2.05) is 26.0 Å². The highest BCUT2D eigenvalue weighted by atomic mass is 32.2. The van der Waals surface area contributed by atoms with Gasteiger partial charge in [-0.1, -0.05) is 42.8 Å². The van der Waals surface area contributed by atoms with Crippen LogP contribution in [-0.2, 0) is 14.8 Å². The number of amides is 1. The van der Waals surface area contributed by atoms with Crippen LogP contribution in [0.2, 0.25) is 0 Å². The van der Waals surface area contributed by atoms with Crippen molar-refractivity contribution in [3.05, 3.63) is 59.7 Å². The number of likely N-dealkylation sites (N-methyl/N-ethyl adjacent to an activating group) is 1. The Morgan fingerprint density at radius 1 is 0.966 bits per heavy atom. The van der Waals surface area contributed by atoms with E-state index in [0.29, 0.717) is 18.8 Å². The molecule has 0 unspecified atom stereocenters. The molecular formula is C22H29N3O3S. The third-order valence-electron chi connectivity index (χ3n) is 5.44. The molecule has 0 saturated carbocycles. The Bertz CT molecular complexity index is 950. The normalized spacial score (nSPS) is 15.3. The van der Waals surface area contributed by atoms with Crippen molar-refractivity contribution in [2.45, 2.75) is 25.7 Å². The molecule has 2 aromatic rings. The number of nitrogens with zero attached hydrogens (tertiary/aromatic N) is 3. The second kappa shape index (κ2) is 8.97. The van der Waals surface area contributed by atoms with Crippen molar-refractivity contribution in [3.8, 4) is 0 Å². The SMILES string of the molecule is CCN1CCN(C(=O)CN(c2ccccc2C)S(=O)(=O)c2ccc(C)cc2)CC1. The number of carbonyl (C=O) groups excluding carboxylic acids is 1. The van der Waals surface area contributed by atoms with Gasteiger partial charge in [0.05, 0.1) is 10.6 Å². The predicted octanol–water partition coefficient (Wildman–Crippen LogP) is 2.66. The Labute approximate surface area is 173 Å². The molecule has 1 saturated heterocycles. The number of piperazine rings is 1. The molecule has 0 aromatic heterocycles. The lowest BCUT2D eigenvalue weighted by Crippen LogP contribution is -2.51. The molecule has 2 aromatic carbocycles. The zero-order chi connectivity index (χ0) is 21.0. The number of hydrogen-bond donors (Lipinski definition) is 0. The van der Waals surface area contributed by atoms with Gasteiger partial charge in [-0.15, -0.1) is 0 Å². The van der Waals surface area contributed by atoms with Gasteiger partial charge in [0.25, 0.3) is 10.0 Å². The van der Waals surface area contributed by atoms with Gasteiger partial charge in [-0.3, -0.25) is 9.10 Å². The summed E-state index contributed by atoms with van der Waals surface area (Å²) in [5, 5.41) is 0. The first-order valence-corrected chi connectivity index (χ1v) is 11.4. The number of para-hydroxylation sites is 1. The van der Waals surface area contributed by atoms with E-state index in [9.17, 15) is 13.2 Å². The first kappa shape index (κ1) is 21.3. The monoisotopic (exact) mass is 415 g/mol. The summed E-state index contributed by atoms with van der Waals surface area (Å²) in [6.07, 6.45) is 0. The Hall–Kier alpha value is -2.38. The minimum Gasteiger partial charge on any atom is -0.339 e. The summed E-state index contributed by atoms with van der Waals surface area (Å²) in [6, 6.07) is 14.0. The summed E-state index contributed by atoms with van der Waals surface area (Å²) in [6.45, 7) is 9.51. The number of rotatable bonds is 6. The molecule has 1 fully saturated rings. The molecule has 0 bridgehead atoms. The lowest BCUT2D eigenvalue weighted by Gasteiger charge is -2.35. The van der Waals surface area contributed by atoms with E-state index in [1.165, 1.54) is 4.31 Å². The molecule has 29 heavy (non-hydrogen) atoms. The van der Waals surface area contributed by atoms with Gasteiger partial charge in [-0.25, -0.2) is 8.42 Å². The lowest BCUT2D eigenvalue weighted by atomic mass is 10.2. The van der Waals surface area contributed by atoms with Gasteiger partial charge >= 0.3 is 0 Å². The second-order valence-electron chi connectivity index (χ2n) is 7.43. The van der Waals surface area contributed by atoms with Crippen LogP contribution in [0.3, 0.4) is 0 Å². The van der Waals surface area contributed by atoms with Crippen molar-refractivity contribution in [1.82, 2.24) is 9.80 Å². The van der Waals surface area contributed by atoms with Gasteiger partial charge in [0, 0.05) is 26.2 Å². The van der Waals surface area contributed by atoms with Gasteiger partial charge < -0.3 is 9.80 Å². The van der Waals surface area contributed by atoms with Crippen molar-refractivity contribution >= 4 is 21.6 Å². The fourth-order valence-corrected chi connectivity index (χ4v) is 5.00. The number of sulfonamides is 1. The molecule has 1 aliphatic rings. The van der Waals surface area contributed by atoms with E-state index in [1.54, 1.807) is 41.3 Å². The molecule has 1 amide bonds. The van der Waals surface area contributed by atoms with Crippen LogP contribution in [0.5, 0.6) is 0 Å². The predicted molar refractivity (Wildman–Crippen MR) is 116 cm³/mol. The van der Waals surface area contributed by atoms with E-state index in [0.717, 1.165) is 30.8 Å². The van der Waals surface area contributed by atoms with Gasteiger partial charge in [-0.2, -0.15) is 0 Å². The molecule has 0 radical (unpaired) electrons. The molecule has 0 spiro atoms. The molecule has 6 nitrogen and oxygen atoms in total. The summed E-state index contributed by atoms with van der Waals surface area (Å²) in [5.74, 6) is -0.167. The van der Waals surface area contributed by atoms with Crippen LogP contribution >= 0.6 is 0 Å². The smallest absolute Gasteiger partial charge is 0.264 e. The Kier molecular flexibility index (Phi) is 6.59. The van der Waals surface area contributed by atoms with Crippen molar-refractivity contribution in [2.75, 3.05) is 43.6 Å². The van der Waals surface area contributed by atoms with E-state index < -0.39 is 10.0 Å². The molecule has 3 rings (SSSR count). The molecule has 7 heteroatoms. The number of carbonyl (C=O) groups is 1. The summed E-state index contributed by atoms with van der Waals surface area (Å²) in [4.78, 5) is 17.3. The van der Waals surface area contributed by atoms with Gasteiger partial charge in [0.1, 0.15) is 6.54 Å². The van der Waals surface area contributed by atoms with Crippen LogP contribution < -0.4 is 4.31 Å². The van der Waals surface area contributed by atoms with Crippen LogP contribution in [0.25, 0.3) is 0 Å². The maximum atomic E-state index is 13.5. The summed E-state index contributed by atoms with van der Waals surface area (Å²) in [7, 11) is -3.87. The van der Waals surface area contributed by atoms with Crippen molar-refractivity contribution < 1.29 is 13.2 Å². The topological polar surface area (TPSA) is 60.9 Å². The third-order valence-corrected chi connectivity index (χ3v) is 7.22. The Morgan fingerprint density at radius 2 is 1.59 bits per heavy atom. The molecule has 1 heterocycles. The second-order valence-corrected chi connectivity index (χ2v) is 9.29. The van der Waals surface area contributed by atoms with Crippen LogP contribution in [-0.4, -0.2) is 63.4 Å². The van der Waals surface area contributed by atoms with Crippen molar-refractivity contribution in [1.29, 1.82) is 0 Å². The fraction of sp³-hybridized carbons (Fsp3) is 0.409. The highest BCUT2D eigenvalue weighted by Crippen LogP contribution is 2.27. The molecule has 156 valence electrons. The van der Waals surface area contributed by atoms with E-state index in [2.05, 4.69) is 11.8 Å². The van der Waals surface area contributed by atoms with Crippen molar-refractivity contribution in [3.63, 3.8) is 0 Å². The maximum Gasteiger partial charge on any atom is 0.264 e. The average molecular weight is 416 g/mol. The highest BCUT2D eigenvalue weighted by molar-refractivity contribution is 7.92. The minimum absolute atomic E-state index is 0.167. The standard InChI is InChI=1S/C22H29N3O3S/c1-4-23-13-15-24(16-14-23)22(26)17-25(21-8-6-5-7-19(21)3)29(27,28)20-11-9-18(2)10-12-20/h5-12H,4,13-17H2,1-3H3. The molecule has 0 N–H and O–H groups in total. The number of benzene rings is 2. The zero-order valence-electron chi connectivity index (χ0n) is 17.3. The van der Waals surface area contributed by atoms with Crippen LogP contribution in [0.15, 0.2) is 53.4 Å². The van der Waals surface area contributed by atoms with Gasteiger partial charge in [-0.05, 0) is 44.2 Å². The van der Waals surface area contributed by atoms with E-state index in [-0.39, 0.29) is 17.3 Å². The molecule has 1 aliphatic heterocycles. The number of aryl methyl sites for hydroxylation is 2. The first-order valence-electron chi connectivity index (χ1n) is 9.98. The Morgan fingerprint density at radius 3 is 2.17 bits per heavy atom. The third kappa shape index (κ3) is 4.79. The first-order chi connectivity index (χ1) is 13.8. The summed E-state index contributed by atoms with van der Waals surface area (Å²) in [5.41, 5.74) is 2.33. The van der Waals surface area contributed by atoms with Crippen LogP contribution in [0.1, 0.15) is 18.1 Å². The van der Waals surface area contributed by atoms with Crippen molar-refractivity contribution in [2.24, 2.45) is 0 Å². The fourth-order valence-electron chi connectivity index (χ4n) is 3.52. The summed E-state index contributed by atoms with van der Waals surface area (Å²) >= 11 is 0. The number of hydrogen-bond acceptors (Lipinski definition) is 4.